The maximum Gasteiger partial charge on any atom is 0.263 e. The summed E-state index contributed by atoms with van der Waals surface area (Å²) in [6, 6.07) is 7.65. The molecule has 0 aliphatic rings. The maximum absolute atomic E-state index is 12.3. The van der Waals surface area contributed by atoms with Crippen LogP contribution in [0.1, 0.15) is 12.5 Å². The SMILES string of the molecule is CCOc1ccc(S(=O)(=O)Nc2cccnn2)cc1CN. The zero-order valence-corrected chi connectivity index (χ0v) is 12.3. The van der Waals surface area contributed by atoms with E-state index in [2.05, 4.69) is 14.9 Å². The number of nitrogens with zero attached hydrogens (tertiary/aromatic N) is 2. The Kier molecular flexibility index (Phi) is 4.71. The minimum atomic E-state index is -3.74. The van der Waals surface area contributed by atoms with Crippen LogP contribution in [0.4, 0.5) is 5.82 Å². The molecule has 1 aromatic heterocycles. The van der Waals surface area contributed by atoms with Crippen molar-refractivity contribution in [1.29, 1.82) is 0 Å². The van der Waals surface area contributed by atoms with E-state index in [4.69, 9.17) is 10.5 Å². The van der Waals surface area contributed by atoms with E-state index in [1.807, 2.05) is 6.92 Å². The monoisotopic (exact) mass is 308 g/mol. The van der Waals surface area contributed by atoms with Crippen LogP contribution >= 0.6 is 0 Å². The van der Waals surface area contributed by atoms with Gasteiger partial charge in [0.2, 0.25) is 0 Å². The molecule has 0 radical (unpaired) electrons. The molecule has 2 rings (SSSR count). The zero-order valence-electron chi connectivity index (χ0n) is 11.5. The molecular formula is C13H16N4O3S. The highest BCUT2D eigenvalue weighted by Crippen LogP contribution is 2.23. The summed E-state index contributed by atoms with van der Waals surface area (Å²) in [4.78, 5) is 0.0945. The first-order valence-corrected chi connectivity index (χ1v) is 7.81. The van der Waals surface area contributed by atoms with E-state index in [-0.39, 0.29) is 17.3 Å². The molecule has 0 aliphatic carbocycles. The summed E-state index contributed by atoms with van der Waals surface area (Å²) in [5.74, 6) is 0.735. The number of nitrogens with two attached hydrogens (primary N) is 1. The average Bonchev–Trinajstić information content (AvgIpc) is 2.48. The fourth-order valence-corrected chi connectivity index (χ4v) is 2.78. The second-order valence-corrected chi connectivity index (χ2v) is 5.80. The summed E-state index contributed by atoms with van der Waals surface area (Å²) < 4.78 is 32.3. The molecule has 2 aromatic rings. The van der Waals surface area contributed by atoms with Crippen molar-refractivity contribution in [2.75, 3.05) is 11.3 Å². The van der Waals surface area contributed by atoms with Crippen LogP contribution in [0.25, 0.3) is 0 Å². The van der Waals surface area contributed by atoms with Gasteiger partial charge in [0.1, 0.15) is 5.75 Å². The number of benzene rings is 1. The molecule has 1 aromatic carbocycles. The van der Waals surface area contributed by atoms with Gasteiger partial charge in [0.25, 0.3) is 10.0 Å². The fourth-order valence-electron chi connectivity index (χ4n) is 1.73. The van der Waals surface area contributed by atoms with E-state index < -0.39 is 10.0 Å². The summed E-state index contributed by atoms with van der Waals surface area (Å²) in [5.41, 5.74) is 6.25. The molecule has 0 saturated heterocycles. The number of sulfonamides is 1. The van der Waals surface area contributed by atoms with Crippen molar-refractivity contribution in [2.45, 2.75) is 18.4 Å². The molecule has 0 fully saturated rings. The minimum Gasteiger partial charge on any atom is -0.494 e. The van der Waals surface area contributed by atoms with Gasteiger partial charge in [0.05, 0.1) is 11.5 Å². The predicted molar refractivity (Wildman–Crippen MR) is 78.3 cm³/mol. The molecule has 7 nitrogen and oxygen atoms in total. The second-order valence-electron chi connectivity index (χ2n) is 4.12. The molecule has 0 bridgehead atoms. The van der Waals surface area contributed by atoms with E-state index in [0.717, 1.165) is 0 Å². The summed E-state index contributed by atoms with van der Waals surface area (Å²) in [5, 5.41) is 7.31. The molecular weight excluding hydrogens is 292 g/mol. The van der Waals surface area contributed by atoms with Gasteiger partial charge >= 0.3 is 0 Å². The van der Waals surface area contributed by atoms with Gasteiger partial charge in [0.15, 0.2) is 5.82 Å². The lowest BCUT2D eigenvalue weighted by Crippen LogP contribution is -2.15. The standard InChI is InChI=1S/C13H16N4O3S/c1-2-20-12-6-5-11(8-10(12)9-14)21(18,19)17-13-4-3-7-15-16-13/h3-8H,2,9,14H2,1H3,(H,16,17). The Balaban J connectivity index is 2.32. The third-order valence-corrected chi connectivity index (χ3v) is 4.03. The van der Waals surface area contributed by atoms with E-state index in [0.29, 0.717) is 17.9 Å². The summed E-state index contributed by atoms with van der Waals surface area (Å²) >= 11 is 0. The van der Waals surface area contributed by atoms with Gasteiger partial charge in [-0.2, -0.15) is 5.10 Å². The molecule has 21 heavy (non-hydrogen) atoms. The number of ether oxygens (including phenoxy) is 1. The first-order chi connectivity index (χ1) is 10.1. The Morgan fingerprint density at radius 1 is 1.33 bits per heavy atom. The molecule has 0 atom stereocenters. The fraction of sp³-hybridized carbons (Fsp3) is 0.231. The molecule has 1 heterocycles. The van der Waals surface area contributed by atoms with Crippen LogP contribution in [0.5, 0.6) is 5.75 Å². The largest absolute Gasteiger partial charge is 0.494 e. The highest BCUT2D eigenvalue weighted by atomic mass is 32.2. The Bertz CT molecular complexity index is 705. The van der Waals surface area contributed by atoms with Crippen molar-refractivity contribution >= 4 is 15.8 Å². The van der Waals surface area contributed by atoms with Crippen LogP contribution in [-0.4, -0.2) is 25.2 Å². The van der Waals surface area contributed by atoms with Crippen molar-refractivity contribution in [3.05, 3.63) is 42.1 Å². The molecule has 0 spiro atoms. The first-order valence-electron chi connectivity index (χ1n) is 6.33. The van der Waals surface area contributed by atoms with E-state index in [1.165, 1.54) is 24.4 Å². The lowest BCUT2D eigenvalue weighted by Gasteiger charge is -2.11. The summed E-state index contributed by atoms with van der Waals surface area (Å²) in [6.07, 6.45) is 1.46. The lowest BCUT2D eigenvalue weighted by atomic mass is 10.2. The van der Waals surface area contributed by atoms with Crippen LogP contribution in [0.3, 0.4) is 0 Å². The van der Waals surface area contributed by atoms with Crippen LogP contribution in [-0.2, 0) is 16.6 Å². The van der Waals surface area contributed by atoms with Crippen molar-refractivity contribution in [1.82, 2.24) is 10.2 Å². The Morgan fingerprint density at radius 2 is 2.14 bits per heavy atom. The topological polar surface area (TPSA) is 107 Å². The van der Waals surface area contributed by atoms with Gasteiger partial charge in [-0.3, -0.25) is 4.72 Å². The number of rotatable bonds is 6. The van der Waals surface area contributed by atoms with Gasteiger partial charge in [-0.1, -0.05) is 0 Å². The van der Waals surface area contributed by atoms with E-state index in [9.17, 15) is 8.42 Å². The molecule has 0 saturated carbocycles. The average molecular weight is 308 g/mol. The van der Waals surface area contributed by atoms with Crippen molar-refractivity contribution in [3.63, 3.8) is 0 Å². The summed E-state index contributed by atoms with van der Waals surface area (Å²) in [7, 11) is -3.74. The zero-order chi connectivity index (χ0) is 15.3. The third kappa shape index (κ3) is 3.67. The molecule has 8 heteroatoms. The number of nitrogens with one attached hydrogen (secondary N) is 1. The lowest BCUT2D eigenvalue weighted by molar-refractivity contribution is 0.336. The maximum atomic E-state index is 12.3. The van der Waals surface area contributed by atoms with Crippen LogP contribution in [0.2, 0.25) is 0 Å². The third-order valence-electron chi connectivity index (χ3n) is 2.67. The van der Waals surface area contributed by atoms with E-state index in [1.54, 1.807) is 12.1 Å². The Morgan fingerprint density at radius 3 is 2.76 bits per heavy atom. The van der Waals surface area contributed by atoms with Gasteiger partial charge in [0, 0.05) is 18.3 Å². The first kappa shape index (κ1) is 15.2. The molecule has 3 N–H and O–H groups in total. The molecule has 112 valence electrons. The Labute approximate surface area is 123 Å². The van der Waals surface area contributed by atoms with Crippen molar-refractivity contribution < 1.29 is 13.2 Å². The molecule has 0 aliphatic heterocycles. The molecule has 0 amide bonds. The number of hydrogen-bond donors (Lipinski definition) is 2. The van der Waals surface area contributed by atoms with Crippen molar-refractivity contribution in [2.24, 2.45) is 5.73 Å². The van der Waals surface area contributed by atoms with Crippen LogP contribution < -0.4 is 15.2 Å². The highest BCUT2D eigenvalue weighted by molar-refractivity contribution is 7.92. The van der Waals surface area contributed by atoms with Gasteiger partial charge in [-0.25, -0.2) is 8.42 Å². The number of aromatic nitrogens is 2. The second kappa shape index (κ2) is 6.51. The smallest absolute Gasteiger partial charge is 0.263 e. The number of hydrogen-bond acceptors (Lipinski definition) is 6. The summed E-state index contributed by atoms with van der Waals surface area (Å²) in [6.45, 7) is 2.52. The number of anilines is 1. The van der Waals surface area contributed by atoms with E-state index >= 15 is 0 Å². The quantitative estimate of drug-likeness (QED) is 0.828. The predicted octanol–water partition coefficient (Wildman–Crippen LogP) is 1.13. The van der Waals surface area contributed by atoms with Gasteiger partial charge in [-0.15, -0.1) is 5.10 Å². The normalized spacial score (nSPS) is 11.1. The van der Waals surface area contributed by atoms with Gasteiger partial charge in [-0.05, 0) is 37.3 Å². The molecule has 0 unspecified atom stereocenters. The van der Waals surface area contributed by atoms with Crippen molar-refractivity contribution in [3.8, 4) is 5.75 Å². The highest BCUT2D eigenvalue weighted by Gasteiger charge is 2.17. The van der Waals surface area contributed by atoms with Gasteiger partial charge < -0.3 is 10.5 Å². The minimum absolute atomic E-state index is 0.0945. The Hall–Kier alpha value is -2.19. The van der Waals surface area contributed by atoms with Crippen LogP contribution in [0, 0.1) is 0 Å². The van der Waals surface area contributed by atoms with Crippen LogP contribution in [0.15, 0.2) is 41.4 Å².